The first kappa shape index (κ1) is 10.2. The zero-order chi connectivity index (χ0) is 10.5. The molecular weight excluding hydrogens is 180 g/mol. The van der Waals surface area contributed by atoms with Crippen molar-refractivity contribution in [3.05, 3.63) is 48.0 Å². The second-order valence-electron chi connectivity index (χ2n) is 4.14. The quantitative estimate of drug-likeness (QED) is 0.631. The highest BCUT2D eigenvalue weighted by Crippen LogP contribution is 2.17. The molecule has 0 nitrogen and oxygen atoms in total. The third-order valence-electron chi connectivity index (χ3n) is 2.88. The molecule has 0 saturated carbocycles. The minimum absolute atomic E-state index is 1.22. The summed E-state index contributed by atoms with van der Waals surface area (Å²) in [6.45, 7) is 2.25. The van der Waals surface area contributed by atoms with Gasteiger partial charge in [0.1, 0.15) is 0 Å². The molecule has 0 spiro atoms. The van der Waals surface area contributed by atoms with Gasteiger partial charge < -0.3 is 0 Å². The molecule has 78 valence electrons. The number of unbranched alkanes of at least 4 members (excludes halogenated alkanes) is 2. The van der Waals surface area contributed by atoms with E-state index in [4.69, 9.17) is 0 Å². The van der Waals surface area contributed by atoms with Crippen LogP contribution in [0.1, 0.15) is 31.7 Å². The number of rotatable bonds is 4. The van der Waals surface area contributed by atoms with Crippen LogP contribution >= 0.6 is 0 Å². The van der Waals surface area contributed by atoms with E-state index in [0.717, 1.165) is 0 Å². The minimum atomic E-state index is 1.22. The molecule has 0 aliphatic rings. The monoisotopic (exact) mass is 198 g/mol. The van der Waals surface area contributed by atoms with Crippen molar-refractivity contribution in [2.75, 3.05) is 0 Å². The molecule has 0 heteroatoms. The van der Waals surface area contributed by atoms with E-state index in [-0.39, 0.29) is 0 Å². The summed E-state index contributed by atoms with van der Waals surface area (Å²) in [4.78, 5) is 0. The highest BCUT2D eigenvalue weighted by Gasteiger charge is 1.95. The van der Waals surface area contributed by atoms with Crippen LogP contribution in [0.5, 0.6) is 0 Å². The third-order valence-corrected chi connectivity index (χ3v) is 2.88. The molecular formula is C15H18. The number of hydrogen-bond acceptors (Lipinski definition) is 0. The van der Waals surface area contributed by atoms with Crippen LogP contribution < -0.4 is 0 Å². The largest absolute Gasteiger partial charge is 0.0654 e. The van der Waals surface area contributed by atoms with Gasteiger partial charge in [-0.1, -0.05) is 62.2 Å². The summed E-state index contributed by atoms with van der Waals surface area (Å²) in [5, 5.41) is 2.71. The SMILES string of the molecule is CCCCCc1ccc2ccccc2c1. The van der Waals surface area contributed by atoms with Gasteiger partial charge in [-0.25, -0.2) is 0 Å². The molecule has 0 amide bonds. The number of hydrogen-bond donors (Lipinski definition) is 0. The summed E-state index contributed by atoms with van der Waals surface area (Å²) >= 11 is 0. The normalized spacial score (nSPS) is 10.7. The molecule has 0 bridgehead atoms. The van der Waals surface area contributed by atoms with Crippen LogP contribution in [0, 0.1) is 0 Å². The van der Waals surface area contributed by atoms with Gasteiger partial charge in [-0.15, -0.1) is 0 Å². The summed E-state index contributed by atoms with van der Waals surface area (Å²) in [5.74, 6) is 0. The van der Waals surface area contributed by atoms with Gasteiger partial charge in [-0.2, -0.15) is 0 Å². The van der Waals surface area contributed by atoms with E-state index < -0.39 is 0 Å². The van der Waals surface area contributed by atoms with Gasteiger partial charge in [-0.3, -0.25) is 0 Å². The fourth-order valence-corrected chi connectivity index (χ4v) is 1.97. The van der Waals surface area contributed by atoms with Crippen molar-refractivity contribution in [2.45, 2.75) is 32.6 Å². The molecule has 0 saturated heterocycles. The van der Waals surface area contributed by atoms with Crippen LogP contribution in [0.25, 0.3) is 10.8 Å². The highest BCUT2D eigenvalue weighted by atomic mass is 14.0. The molecule has 0 atom stereocenters. The van der Waals surface area contributed by atoms with Crippen molar-refractivity contribution in [2.24, 2.45) is 0 Å². The second kappa shape index (κ2) is 4.97. The Hall–Kier alpha value is -1.30. The summed E-state index contributed by atoms with van der Waals surface area (Å²) in [5.41, 5.74) is 1.47. The molecule has 0 aromatic heterocycles. The van der Waals surface area contributed by atoms with Crippen LogP contribution in [0.3, 0.4) is 0 Å². The maximum Gasteiger partial charge on any atom is -0.0181 e. The van der Waals surface area contributed by atoms with Gasteiger partial charge >= 0.3 is 0 Å². The summed E-state index contributed by atoms with van der Waals surface area (Å²) in [6.07, 6.45) is 5.17. The Kier molecular flexibility index (Phi) is 3.39. The van der Waals surface area contributed by atoms with Crippen molar-refractivity contribution in [1.29, 1.82) is 0 Å². The Balaban J connectivity index is 2.16. The lowest BCUT2D eigenvalue weighted by Gasteiger charge is -2.03. The average molecular weight is 198 g/mol. The smallest absolute Gasteiger partial charge is 0.0181 e. The topological polar surface area (TPSA) is 0 Å². The maximum absolute atomic E-state index is 2.32. The van der Waals surface area contributed by atoms with E-state index in [1.165, 1.54) is 42.0 Å². The number of fused-ring (bicyclic) bond motifs is 1. The Labute approximate surface area is 91.9 Å². The van der Waals surface area contributed by atoms with E-state index in [1.807, 2.05) is 0 Å². The molecule has 0 radical (unpaired) electrons. The lowest BCUT2D eigenvalue weighted by atomic mass is 10.0. The molecule has 0 aliphatic heterocycles. The maximum atomic E-state index is 2.32. The number of benzene rings is 2. The highest BCUT2D eigenvalue weighted by molar-refractivity contribution is 5.82. The van der Waals surface area contributed by atoms with Crippen molar-refractivity contribution < 1.29 is 0 Å². The Morgan fingerprint density at radius 1 is 0.867 bits per heavy atom. The third kappa shape index (κ3) is 2.59. The molecule has 0 heterocycles. The van der Waals surface area contributed by atoms with Gasteiger partial charge in [0.25, 0.3) is 0 Å². The first-order valence-electron chi connectivity index (χ1n) is 5.88. The minimum Gasteiger partial charge on any atom is -0.0654 e. The fraction of sp³-hybridized carbons (Fsp3) is 0.333. The van der Waals surface area contributed by atoms with Gasteiger partial charge in [0.05, 0.1) is 0 Å². The summed E-state index contributed by atoms with van der Waals surface area (Å²) < 4.78 is 0. The lowest BCUT2D eigenvalue weighted by Crippen LogP contribution is -1.85. The van der Waals surface area contributed by atoms with E-state index >= 15 is 0 Å². The fourth-order valence-electron chi connectivity index (χ4n) is 1.97. The number of aryl methyl sites for hydroxylation is 1. The summed E-state index contributed by atoms with van der Waals surface area (Å²) in [7, 11) is 0. The van der Waals surface area contributed by atoms with Crippen molar-refractivity contribution in [1.82, 2.24) is 0 Å². The lowest BCUT2D eigenvalue weighted by molar-refractivity contribution is 0.718. The Bertz CT molecular complexity index is 429. The predicted molar refractivity (Wildman–Crippen MR) is 67.2 cm³/mol. The Morgan fingerprint density at radius 2 is 1.67 bits per heavy atom. The van der Waals surface area contributed by atoms with Gasteiger partial charge in [0.15, 0.2) is 0 Å². The van der Waals surface area contributed by atoms with E-state index in [0.29, 0.717) is 0 Å². The second-order valence-corrected chi connectivity index (χ2v) is 4.14. The van der Waals surface area contributed by atoms with Crippen LogP contribution in [0.2, 0.25) is 0 Å². The summed E-state index contributed by atoms with van der Waals surface area (Å²) in [6, 6.07) is 15.4. The molecule has 0 fully saturated rings. The molecule has 0 unspecified atom stereocenters. The zero-order valence-electron chi connectivity index (χ0n) is 9.37. The first-order valence-corrected chi connectivity index (χ1v) is 5.88. The molecule has 2 rings (SSSR count). The predicted octanol–water partition coefficient (Wildman–Crippen LogP) is 4.57. The zero-order valence-corrected chi connectivity index (χ0v) is 9.37. The van der Waals surface area contributed by atoms with Crippen LogP contribution in [0.4, 0.5) is 0 Å². The van der Waals surface area contributed by atoms with E-state index in [2.05, 4.69) is 49.4 Å². The molecule has 15 heavy (non-hydrogen) atoms. The van der Waals surface area contributed by atoms with Crippen LogP contribution in [0.15, 0.2) is 42.5 Å². The van der Waals surface area contributed by atoms with Crippen molar-refractivity contribution in [3.63, 3.8) is 0 Å². The van der Waals surface area contributed by atoms with Gasteiger partial charge in [0, 0.05) is 0 Å². The molecule has 0 N–H and O–H groups in total. The van der Waals surface area contributed by atoms with Crippen LogP contribution in [-0.2, 0) is 6.42 Å². The average Bonchev–Trinajstić information content (AvgIpc) is 2.29. The van der Waals surface area contributed by atoms with Crippen molar-refractivity contribution >= 4 is 10.8 Å². The molecule has 0 aliphatic carbocycles. The van der Waals surface area contributed by atoms with Crippen LogP contribution in [-0.4, -0.2) is 0 Å². The Morgan fingerprint density at radius 3 is 2.47 bits per heavy atom. The standard InChI is InChI=1S/C15H18/c1-2-3-4-7-13-10-11-14-8-5-6-9-15(14)12-13/h5-6,8-12H,2-4,7H2,1H3. The van der Waals surface area contributed by atoms with Gasteiger partial charge in [0.2, 0.25) is 0 Å². The van der Waals surface area contributed by atoms with E-state index in [1.54, 1.807) is 0 Å². The van der Waals surface area contributed by atoms with Gasteiger partial charge in [-0.05, 0) is 29.2 Å². The first-order chi connectivity index (χ1) is 7.40. The van der Waals surface area contributed by atoms with E-state index in [9.17, 15) is 0 Å². The van der Waals surface area contributed by atoms with Crippen molar-refractivity contribution in [3.8, 4) is 0 Å². The molecule has 2 aromatic rings. The molecule has 2 aromatic carbocycles.